The Bertz CT molecular complexity index is 589. The van der Waals surface area contributed by atoms with Crippen molar-refractivity contribution in [3.63, 3.8) is 0 Å². The average Bonchev–Trinajstić information content (AvgIpc) is 2.41. The summed E-state index contributed by atoms with van der Waals surface area (Å²) >= 11 is 12.1. The Morgan fingerprint density at radius 2 is 1.95 bits per heavy atom. The number of rotatable bonds is 5. The largest absolute Gasteiger partial charge is 0.384 e. The van der Waals surface area contributed by atoms with Gasteiger partial charge in [-0.05, 0) is 48.2 Å². The van der Waals surface area contributed by atoms with Gasteiger partial charge in [-0.3, -0.25) is 11.3 Å². The number of hydrogen-bond donors (Lipinski definition) is 3. The van der Waals surface area contributed by atoms with Crippen molar-refractivity contribution >= 4 is 29.0 Å². The van der Waals surface area contributed by atoms with E-state index < -0.39 is 0 Å². The quantitative estimate of drug-likeness (QED) is 0.586. The van der Waals surface area contributed by atoms with Crippen molar-refractivity contribution in [2.24, 2.45) is 5.84 Å². The number of pyridine rings is 1. The van der Waals surface area contributed by atoms with E-state index >= 15 is 0 Å². The third-order valence-corrected chi connectivity index (χ3v) is 3.63. The van der Waals surface area contributed by atoms with E-state index in [4.69, 9.17) is 34.8 Å². The molecule has 20 heavy (non-hydrogen) atoms. The van der Waals surface area contributed by atoms with Crippen molar-refractivity contribution in [3.05, 3.63) is 57.7 Å². The number of anilines is 1. The zero-order valence-electron chi connectivity index (χ0n) is 10.8. The molecule has 2 rings (SSSR count). The lowest BCUT2D eigenvalue weighted by Crippen LogP contribution is -2.38. The highest BCUT2D eigenvalue weighted by Gasteiger charge is 2.12. The smallest absolute Gasteiger partial charge is 0.123 e. The molecule has 0 spiro atoms. The fourth-order valence-corrected chi connectivity index (χ4v) is 2.53. The van der Waals surface area contributed by atoms with Gasteiger partial charge in [-0.1, -0.05) is 29.3 Å². The number of hydrazine groups is 1. The summed E-state index contributed by atoms with van der Waals surface area (Å²) in [6.45, 7) is 0. The zero-order chi connectivity index (χ0) is 14.5. The number of hydrogen-bond acceptors (Lipinski definition) is 4. The number of halogens is 2. The summed E-state index contributed by atoms with van der Waals surface area (Å²) in [5, 5.41) is 1.27. The third kappa shape index (κ3) is 4.08. The molecular weight excluding hydrogens is 295 g/mol. The molecule has 0 bridgehead atoms. The van der Waals surface area contributed by atoms with Gasteiger partial charge in [0.1, 0.15) is 5.82 Å². The Morgan fingerprint density at radius 3 is 2.60 bits per heavy atom. The maximum Gasteiger partial charge on any atom is 0.123 e. The van der Waals surface area contributed by atoms with Crippen LogP contribution in [0, 0.1) is 0 Å². The zero-order valence-corrected chi connectivity index (χ0v) is 12.3. The first-order valence-corrected chi connectivity index (χ1v) is 6.94. The van der Waals surface area contributed by atoms with Gasteiger partial charge < -0.3 is 5.73 Å². The number of aromatic nitrogens is 1. The predicted octanol–water partition coefficient (Wildman–Crippen LogP) is 2.59. The summed E-state index contributed by atoms with van der Waals surface area (Å²) in [5.74, 6) is 6.12. The molecule has 1 aromatic heterocycles. The summed E-state index contributed by atoms with van der Waals surface area (Å²) in [5.41, 5.74) is 10.6. The minimum absolute atomic E-state index is 0.0514. The summed E-state index contributed by atoms with van der Waals surface area (Å²) < 4.78 is 0. The second-order valence-corrected chi connectivity index (χ2v) is 5.44. The summed E-state index contributed by atoms with van der Waals surface area (Å²) in [4.78, 5) is 3.97. The lowest BCUT2D eigenvalue weighted by molar-refractivity contribution is 0.522. The van der Waals surface area contributed by atoms with Crippen molar-refractivity contribution in [1.29, 1.82) is 0 Å². The van der Waals surface area contributed by atoms with Crippen LogP contribution >= 0.6 is 23.2 Å². The molecule has 6 heteroatoms. The maximum atomic E-state index is 6.18. The molecule has 2 aromatic rings. The average molecular weight is 311 g/mol. The number of nitrogens with one attached hydrogen (secondary N) is 1. The van der Waals surface area contributed by atoms with Gasteiger partial charge in [0.15, 0.2) is 0 Å². The third-order valence-electron chi connectivity index (χ3n) is 3.04. The molecule has 1 unspecified atom stereocenters. The normalized spacial score (nSPS) is 12.3. The lowest BCUT2D eigenvalue weighted by atomic mass is 10.00. The van der Waals surface area contributed by atoms with Gasteiger partial charge in [-0.25, -0.2) is 4.98 Å². The van der Waals surface area contributed by atoms with Gasteiger partial charge >= 0.3 is 0 Å². The van der Waals surface area contributed by atoms with E-state index in [1.807, 2.05) is 24.3 Å². The molecule has 1 aromatic carbocycles. The summed E-state index contributed by atoms with van der Waals surface area (Å²) in [7, 11) is 0. The van der Waals surface area contributed by atoms with Crippen molar-refractivity contribution in [2.75, 3.05) is 5.73 Å². The van der Waals surface area contributed by atoms with Crippen LogP contribution in [0.15, 0.2) is 36.5 Å². The van der Waals surface area contributed by atoms with Crippen molar-refractivity contribution in [1.82, 2.24) is 10.4 Å². The van der Waals surface area contributed by atoms with E-state index in [0.29, 0.717) is 22.3 Å². The van der Waals surface area contributed by atoms with Crippen molar-refractivity contribution in [2.45, 2.75) is 18.9 Å². The molecule has 0 radical (unpaired) electrons. The Morgan fingerprint density at radius 1 is 1.15 bits per heavy atom. The fraction of sp³-hybridized carbons (Fsp3) is 0.214. The van der Waals surface area contributed by atoms with Gasteiger partial charge in [0.25, 0.3) is 0 Å². The van der Waals surface area contributed by atoms with E-state index in [1.54, 1.807) is 12.3 Å². The fourth-order valence-electron chi connectivity index (χ4n) is 2.05. The van der Waals surface area contributed by atoms with Crippen LogP contribution in [0.2, 0.25) is 10.0 Å². The molecule has 0 saturated carbocycles. The molecule has 0 fully saturated rings. The van der Waals surface area contributed by atoms with Crippen LogP contribution in [0.25, 0.3) is 0 Å². The van der Waals surface area contributed by atoms with Crippen LogP contribution in [0.3, 0.4) is 0 Å². The van der Waals surface area contributed by atoms with E-state index in [0.717, 1.165) is 17.5 Å². The molecule has 1 heterocycles. The minimum Gasteiger partial charge on any atom is -0.384 e. The van der Waals surface area contributed by atoms with Gasteiger partial charge in [-0.2, -0.15) is 0 Å². The highest BCUT2D eigenvalue weighted by molar-refractivity contribution is 6.35. The van der Waals surface area contributed by atoms with E-state index in [-0.39, 0.29) is 6.04 Å². The molecule has 0 aliphatic rings. The van der Waals surface area contributed by atoms with Crippen LogP contribution < -0.4 is 17.0 Å². The van der Waals surface area contributed by atoms with E-state index in [9.17, 15) is 0 Å². The number of benzene rings is 1. The second kappa shape index (κ2) is 6.90. The second-order valence-electron chi connectivity index (χ2n) is 4.60. The molecule has 5 N–H and O–H groups in total. The van der Waals surface area contributed by atoms with E-state index in [1.165, 1.54) is 0 Å². The molecule has 0 saturated heterocycles. The maximum absolute atomic E-state index is 6.18. The van der Waals surface area contributed by atoms with Crippen LogP contribution in [-0.4, -0.2) is 11.0 Å². The highest BCUT2D eigenvalue weighted by Crippen LogP contribution is 2.22. The molecule has 4 nitrogen and oxygen atoms in total. The Kier molecular flexibility index (Phi) is 5.20. The van der Waals surface area contributed by atoms with Gasteiger partial charge in [0, 0.05) is 22.3 Å². The highest BCUT2D eigenvalue weighted by atomic mass is 35.5. The Balaban J connectivity index is 2.09. The number of nitrogen functional groups attached to an aromatic ring is 1. The Hall–Kier alpha value is -1.33. The minimum atomic E-state index is 0.0514. The van der Waals surface area contributed by atoms with Crippen LogP contribution in [-0.2, 0) is 12.8 Å². The van der Waals surface area contributed by atoms with Crippen molar-refractivity contribution < 1.29 is 0 Å². The van der Waals surface area contributed by atoms with Gasteiger partial charge in [0.2, 0.25) is 0 Å². The van der Waals surface area contributed by atoms with Crippen molar-refractivity contribution in [3.8, 4) is 0 Å². The lowest BCUT2D eigenvalue weighted by Gasteiger charge is -2.17. The SMILES string of the molecule is NNC(Cc1ccnc(N)c1)Cc1ccc(Cl)cc1Cl. The molecule has 106 valence electrons. The number of nitrogens with two attached hydrogens (primary N) is 2. The van der Waals surface area contributed by atoms with E-state index in [2.05, 4.69) is 10.4 Å². The van der Waals surface area contributed by atoms with Crippen LogP contribution in [0.5, 0.6) is 0 Å². The van der Waals surface area contributed by atoms with Crippen LogP contribution in [0.1, 0.15) is 11.1 Å². The standard InChI is InChI=1S/C14H16Cl2N4/c15-11-2-1-10(13(16)8-11)7-12(20-18)5-9-3-4-19-14(17)6-9/h1-4,6,8,12,20H,5,7,18H2,(H2,17,19). The Labute approximate surface area is 128 Å². The monoisotopic (exact) mass is 310 g/mol. The van der Waals surface area contributed by atoms with Gasteiger partial charge in [-0.15, -0.1) is 0 Å². The molecule has 1 atom stereocenters. The van der Waals surface area contributed by atoms with Gasteiger partial charge in [0.05, 0.1) is 0 Å². The molecular formula is C14H16Cl2N4. The van der Waals surface area contributed by atoms with Crippen LogP contribution in [0.4, 0.5) is 5.82 Å². The predicted molar refractivity (Wildman–Crippen MR) is 83.6 cm³/mol. The topological polar surface area (TPSA) is 77.0 Å². The first kappa shape index (κ1) is 15.1. The molecule has 0 amide bonds. The molecule has 0 aliphatic heterocycles. The molecule has 0 aliphatic carbocycles. The summed E-state index contributed by atoms with van der Waals surface area (Å²) in [6, 6.07) is 9.28. The number of nitrogens with zero attached hydrogens (tertiary/aromatic N) is 1. The first-order valence-electron chi connectivity index (χ1n) is 6.19. The summed E-state index contributed by atoms with van der Waals surface area (Å²) in [6.07, 6.45) is 3.13. The first-order chi connectivity index (χ1) is 9.58.